The molecule has 0 spiro atoms. The molecule has 1 aromatic carbocycles. The predicted molar refractivity (Wildman–Crippen MR) is 53.8 cm³/mol. The van der Waals surface area contributed by atoms with Gasteiger partial charge < -0.3 is 5.73 Å². The van der Waals surface area contributed by atoms with E-state index < -0.39 is 5.91 Å². The second-order valence-corrected chi connectivity index (χ2v) is 3.13. The Morgan fingerprint density at radius 2 is 2.36 bits per heavy atom. The second-order valence-electron chi connectivity index (χ2n) is 3.13. The van der Waals surface area contributed by atoms with Crippen LogP contribution in [0.5, 0.6) is 0 Å². The number of aryl methyl sites for hydroxylation is 1. The van der Waals surface area contributed by atoms with Gasteiger partial charge in [-0.15, -0.1) is 0 Å². The summed E-state index contributed by atoms with van der Waals surface area (Å²) in [5, 5.41) is 0.968. The van der Waals surface area contributed by atoms with Gasteiger partial charge in [0.05, 0.1) is 5.52 Å². The zero-order chi connectivity index (χ0) is 10.1. The summed E-state index contributed by atoms with van der Waals surface area (Å²) in [6, 6.07) is 10.4. The molecule has 0 aliphatic carbocycles. The summed E-state index contributed by atoms with van der Waals surface area (Å²) in [6.07, 6.45) is 0. The third-order valence-electron chi connectivity index (χ3n) is 2.07. The first kappa shape index (κ1) is 8.69. The number of para-hydroxylation sites is 1. The lowest BCUT2D eigenvalue weighted by molar-refractivity contribution is 0.0995. The maximum atomic E-state index is 11.0. The first-order valence-corrected chi connectivity index (χ1v) is 4.26. The van der Waals surface area contributed by atoms with Gasteiger partial charge >= 0.3 is 0 Å². The summed E-state index contributed by atoms with van der Waals surface area (Å²) in [4.78, 5) is 15.2. The van der Waals surface area contributed by atoms with E-state index in [1.807, 2.05) is 25.1 Å². The first-order valence-electron chi connectivity index (χ1n) is 4.26. The van der Waals surface area contributed by atoms with Crippen LogP contribution in [-0.4, -0.2) is 10.9 Å². The third-order valence-corrected chi connectivity index (χ3v) is 2.07. The molecule has 14 heavy (non-hydrogen) atoms. The average Bonchev–Trinajstić information content (AvgIpc) is 2.16. The highest BCUT2D eigenvalue weighted by Gasteiger charge is 2.07. The highest BCUT2D eigenvalue weighted by Crippen LogP contribution is 2.14. The number of carbonyl (C=O) groups excluding carboxylic acids is 1. The monoisotopic (exact) mass is 185 g/mol. The molecule has 0 unspecified atom stereocenters. The number of amides is 1. The lowest BCUT2D eigenvalue weighted by Crippen LogP contribution is -2.14. The van der Waals surface area contributed by atoms with Crippen LogP contribution in [-0.2, 0) is 0 Å². The van der Waals surface area contributed by atoms with Crippen LogP contribution in [0.1, 0.15) is 16.1 Å². The first-order chi connectivity index (χ1) is 6.68. The number of hydrogen-bond donors (Lipinski definition) is 1. The lowest BCUT2D eigenvalue weighted by Gasteiger charge is -2.02. The van der Waals surface area contributed by atoms with Crippen LogP contribution in [0.15, 0.2) is 24.3 Å². The summed E-state index contributed by atoms with van der Waals surface area (Å²) in [6.45, 7) is 1.82. The molecule has 3 nitrogen and oxygen atoms in total. The number of fused-ring (bicyclic) bond motifs is 1. The quantitative estimate of drug-likeness (QED) is 0.730. The van der Waals surface area contributed by atoms with Gasteiger partial charge in [-0.1, -0.05) is 18.2 Å². The molecule has 0 aliphatic rings. The van der Waals surface area contributed by atoms with Gasteiger partial charge in [0.15, 0.2) is 0 Å². The number of nitrogens with two attached hydrogens (primary N) is 1. The largest absolute Gasteiger partial charge is 0.364 e. The van der Waals surface area contributed by atoms with Gasteiger partial charge in [0.1, 0.15) is 5.69 Å². The SMILES string of the molecule is Cc1cc2ccc[c]c2nc1C(N)=O. The molecule has 0 saturated carbocycles. The Morgan fingerprint density at radius 1 is 1.57 bits per heavy atom. The van der Waals surface area contributed by atoms with Crippen molar-refractivity contribution in [1.82, 2.24) is 4.98 Å². The van der Waals surface area contributed by atoms with Crippen LogP contribution in [0.3, 0.4) is 0 Å². The Morgan fingerprint density at radius 3 is 3.07 bits per heavy atom. The van der Waals surface area contributed by atoms with Crippen LogP contribution in [0.4, 0.5) is 0 Å². The average molecular weight is 185 g/mol. The molecular formula is C11H9N2O. The molecule has 2 aromatic rings. The Bertz CT molecular complexity index is 506. The summed E-state index contributed by atoms with van der Waals surface area (Å²) in [5.41, 5.74) is 6.98. The number of carbonyl (C=O) groups is 1. The van der Waals surface area contributed by atoms with Crippen molar-refractivity contribution in [3.63, 3.8) is 0 Å². The fourth-order valence-electron chi connectivity index (χ4n) is 1.41. The van der Waals surface area contributed by atoms with Crippen molar-refractivity contribution in [2.24, 2.45) is 5.73 Å². The maximum absolute atomic E-state index is 11.0. The molecule has 0 aliphatic heterocycles. The van der Waals surface area contributed by atoms with E-state index in [9.17, 15) is 4.79 Å². The number of nitrogens with zero attached hydrogens (tertiary/aromatic N) is 1. The van der Waals surface area contributed by atoms with Crippen molar-refractivity contribution in [3.05, 3.63) is 41.6 Å². The van der Waals surface area contributed by atoms with Gasteiger partial charge in [0, 0.05) is 11.5 Å². The van der Waals surface area contributed by atoms with Gasteiger partial charge in [-0.2, -0.15) is 0 Å². The molecule has 0 saturated heterocycles. The van der Waals surface area contributed by atoms with Gasteiger partial charge in [0.25, 0.3) is 5.91 Å². The number of hydrogen-bond acceptors (Lipinski definition) is 2. The molecule has 0 bridgehead atoms. The zero-order valence-corrected chi connectivity index (χ0v) is 7.74. The number of pyridine rings is 1. The summed E-state index contributed by atoms with van der Waals surface area (Å²) >= 11 is 0. The topological polar surface area (TPSA) is 56.0 Å². The molecule has 1 radical (unpaired) electrons. The molecule has 1 aromatic heterocycles. The van der Waals surface area contributed by atoms with Crippen LogP contribution in [0.25, 0.3) is 10.9 Å². The van der Waals surface area contributed by atoms with Crippen LogP contribution >= 0.6 is 0 Å². The van der Waals surface area contributed by atoms with Crippen molar-refractivity contribution < 1.29 is 4.79 Å². The van der Waals surface area contributed by atoms with Crippen molar-refractivity contribution in [1.29, 1.82) is 0 Å². The number of aromatic nitrogens is 1. The minimum absolute atomic E-state index is 0.319. The van der Waals surface area contributed by atoms with E-state index in [0.717, 1.165) is 10.9 Å². The third kappa shape index (κ3) is 1.33. The summed E-state index contributed by atoms with van der Waals surface area (Å²) < 4.78 is 0. The Hall–Kier alpha value is -1.90. The van der Waals surface area contributed by atoms with E-state index in [4.69, 9.17) is 5.73 Å². The number of primary amides is 1. The van der Waals surface area contributed by atoms with Crippen LogP contribution in [0, 0.1) is 13.0 Å². The molecular weight excluding hydrogens is 176 g/mol. The van der Waals surface area contributed by atoms with Gasteiger partial charge in [-0.3, -0.25) is 4.79 Å². The smallest absolute Gasteiger partial charge is 0.267 e. The minimum atomic E-state index is -0.498. The van der Waals surface area contributed by atoms with E-state index in [1.54, 1.807) is 6.07 Å². The predicted octanol–water partition coefficient (Wildman–Crippen LogP) is 1.44. The molecule has 2 rings (SSSR count). The summed E-state index contributed by atoms with van der Waals surface area (Å²) in [7, 11) is 0. The van der Waals surface area contributed by atoms with E-state index in [1.165, 1.54) is 0 Å². The van der Waals surface area contributed by atoms with Crippen LogP contribution < -0.4 is 5.73 Å². The van der Waals surface area contributed by atoms with Crippen molar-refractivity contribution in [2.75, 3.05) is 0 Å². The molecule has 0 fully saturated rings. The van der Waals surface area contributed by atoms with Crippen molar-refractivity contribution >= 4 is 16.8 Å². The van der Waals surface area contributed by atoms with E-state index in [0.29, 0.717) is 11.2 Å². The second kappa shape index (κ2) is 3.10. The van der Waals surface area contributed by atoms with E-state index in [2.05, 4.69) is 11.1 Å². The normalized spacial score (nSPS) is 10.4. The lowest BCUT2D eigenvalue weighted by atomic mass is 10.1. The van der Waals surface area contributed by atoms with E-state index in [-0.39, 0.29) is 0 Å². The van der Waals surface area contributed by atoms with Gasteiger partial charge in [-0.05, 0) is 18.6 Å². The van der Waals surface area contributed by atoms with Crippen LogP contribution in [0.2, 0.25) is 0 Å². The minimum Gasteiger partial charge on any atom is -0.364 e. The molecule has 0 atom stereocenters. The zero-order valence-electron chi connectivity index (χ0n) is 7.74. The molecule has 2 N–H and O–H groups in total. The van der Waals surface area contributed by atoms with Gasteiger partial charge in [0.2, 0.25) is 0 Å². The van der Waals surface area contributed by atoms with Gasteiger partial charge in [-0.25, -0.2) is 4.98 Å². The maximum Gasteiger partial charge on any atom is 0.267 e. The molecule has 1 heterocycles. The highest BCUT2D eigenvalue weighted by molar-refractivity contribution is 5.95. The molecule has 1 amide bonds. The molecule has 69 valence electrons. The number of rotatable bonds is 1. The summed E-state index contributed by atoms with van der Waals surface area (Å²) in [5.74, 6) is -0.498. The fraction of sp³-hybridized carbons (Fsp3) is 0.0909. The number of benzene rings is 1. The Labute approximate surface area is 81.6 Å². The Balaban J connectivity index is 2.77. The Kier molecular flexibility index (Phi) is 1.93. The fourth-order valence-corrected chi connectivity index (χ4v) is 1.41. The van der Waals surface area contributed by atoms with Crippen molar-refractivity contribution in [3.8, 4) is 0 Å². The van der Waals surface area contributed by atoms with E-state index >= 15 is 0 Å². The molecule has 3 heteroatoms. The van der Waals surface area contributed by atoms with Crippen molar-refractivity contribution in [2.45, 2.75) is 6.92 Å². The standard InChI is InChI=1S/C11H9N2O/c1-7-6-8-4-2-3-5-9(8)13-10(7)11(12)14/h2-4,6H,1H3,(H2,12,14). The highest BCUT2D eigenvalue weighted by atomic mass is 16.1.